The minimum Gasteiger partial charge on any atom is -0.381 e. The maximum Gasteiger partial charge on any atom is 0.261 e. The summed E-state index contributed by atoms with van der Waals surface area (Å²) in [5.41, 5.74) is 0. The second kappa shape index (κ2) is 6.03. The van der Waals surface area contributed by atoms with E-state index in [1.165, 1.54) is 4.88 Å². The van der Waals surface area contributed by atoms with Crippen LogP contribution in [-0.2, 0) is 9.47 Å². The SMILES string of the molecule is O=C(NC1CCOCC1)c1ccc(C2CCCO2)s1. The Hall–Kier alpha value is -0.910. The van der Waals surface area contributed by atoms with Crippen LogP contribution in [0.3, 0.4) is 0 Å². The van der Waals surface area contributed by atoms with Crippen molar-refractivity contribution in [3.8, 4) is 0 Å². The summed E-state index contributed by atoms with van der Waals surface area (Å²) in [6.07, 6.45) is 4.22. The molecule has 3 heterocycles. The number of carbonyl (C=O) groups excluding carboxylic acids is 1. The van der Waals surface area contributed by atoms with Crippen molar-refractivity contribution in [1.82, 2.24) is 5.32 Å². The maximum atomic E-state index is 12.2. The Morgan fingerprint density at radius 3 is 2.79 bits per heavy atom. The number of hydrogen-bond acceptors (Lipinski definition) is 4. The summed E-state index contributed by atoms with van der Waals surface area (Å²) in [6, 6.07) is 4.20. The van der Waals surface area contributed by atoms with Gasteiger partial charge in [0.25, 0.3) is 5.91 Å². The van der Waals surface area contributed by atoms with Gasteiger partial charge in [0, 0.05) is 30.7 Å². The van der Waals surface area contributed by atoms with Crippen molar-refractivity contribution >= 4 is 17.2 Å². The maximum absolute atomic E-state index is 12.2. The zero-order valence-electron chi connectivity index (χ0n) is 10.9. The molecule has 2 saturated heterocycles. The van der Waals surface area contributed by atoms with Crippen molar-refractivity contribution in [1.29, 1.82) is 0 Å². The van der Waals surface area contributed by atoms with Crippen LogP contribution in [0.15, 0.2) is 12.1 Å². The molecule has 1 aromatic rings. The molecule has 0 bridgehead atoms. The molecule has 3 rings (SSSR count). The predicted molar refractivity (Wildman–Crippen MR) is 73.6 cm³/mol. The van der Waals surface area contributed by atoms with E-state index in [9.17, 15) is 4.79 Å². The van der Waals surface area contributed by atoms with Crippen LogP contribution in [0, 0.1) is 0 Å². The first-order valence-electron chi connectivity index (χ1n) is 6.93. The second-order valence-corrected chi connectivity index (χ2v) is 6.18. The third kappa shape index (κ3) is 3.16. The van der Waals surface area contributed by atoms with E-state index in [0.29, 0.717) is 0 Å². The van der Waals surface area contributed by atoms with Gasteiger partial charge in [0.2, 0.25) is 0 Å². The smallest absolute Gasteiger partial charge is 0.261 e. The molecule has 2 fully saturated rings. The molecule has 1 amide bonds. The highest BCUT2D eigenvalue weighted by Gasteiger charge is 2.22. The zero-order valence-corrected chi connectivity index (χ0v) is 11.7. The summed E-state index contributed by atoms with van der Waals surface area (Å²) in [5, 5.41) is 3.09. The Bertz CT molecular complexity index is 434. The molecule has 1 aromatic heterocycles. The van der Waals surface area contributed by atoms with Gasteiger partial charge in [-0.15, -0.1) is 11.3 Å². The van der Waals surface area contributed by atoms with Crippen LogP contribution in [0.2, 0.25) is 0 Å². The average Bonchev–Trinajstić information content (AvgIpc) is 3.11. The quantitative estimate of drug-likeness (QED) is 0.926. The lowest BCUT2D eigenvalue weighted by molar-refractivity contribution is 0.0698. The lowest BCUT2D eigenvalue weighted by Crippen LogP contribution is -2.38. The molecule has 0 aliphatic carbocycles. The monoisotopic (exact) mass is 281 g/mol. The highest BCUT2D eigenvalue weighted by atomic mass is 32.1. The zero-order chi connectivity index (χ0) is 13.1. The molecular weight excluding hydrogens is 262 g/mol. The van der Waals surface area contributed by atoms with Crippen LogP contribution in [0.5, 0.6) is 0 Å². The summed E-state index contributed by atoms with van der Waals surface area (Å²) in [6.45, 7) is 2.33. The summed E-state index contributed by atoms with van der Waals surface area (Å²) in [7, 11) is 0. The molecule has 1 atom stereocenters. The number of carbonyl (C=O) groups is 1. The van der Waals surface area contributed by atoms with Gasteiger partial charge in [0.1, 0.15) is 0 Å². The van der Waals surface area contributed by atoms with Crippen molar-refractivity contribution in [2.24, 2.45) is 0 Å². The molecule has 104 valence electrons. The van der Waals surface area contributed by atoms with Gasteiger partial charge in [0.05, 0.1) is 11.0 Å². The van der Waals surface area contributed by atoms with Crippen molar-refractivity contribution in [3.05, 3.63) is 21.9 Å². The van der Waals surface area contributed by atoms with Crippen molar-refractivity contribution in [2.75, 3.05) is 19.8 Å². The third-order valence-electron chi connectivity index (χ3n) is 3.65. The van der Waals surface area contributed by atoms with Gasteiger partial charge in [0.15, 0.2) is 0 Å². The van der Waals surface area contributed by atoms with Crippen molar-refractivity contribution in [2.45, 2.75) is 37.8 Å². The molecule has 0 saturated carbocycles. The Morgan fingerprint density at radius 1 is 1.21 bits per heavy atom. The third-order valence-corrected chi connectivity index (χ3v) is 4.83. The van der Waals surface area contributed by atoms with E-state index >= 15 is 0 Å². The fourth-order valence-corrected chi connectivity index (χ4v) is 3.54. The highest BCUT2D eigenvalue weighted by Crippen LogP contribution is 2.33. The first kappa shape index (κ1) is 13.1. The Morgan fingerprint density at radius 2 is 2.05 bits per heavy atom. The molecule has 2 aliphatic heterocycles. The minimum absolute atomic E-state index is 0.0427. The minimum atomic E-state index is 0.0427. The van der Waals surface area contributed by atoms with Gasteiger partial charge < -0.3 is 14.8 Å². The molecule has 19 heavy (non-hydrogen) atoms. The van der Waals surface area contributed by atoms with Gasteiger partial charge >= 0.3 is 0 Å². The molecular formula is C14H19NO3S. The molecule has 1 unspecified atom stereocenters. The second-order valence-electron chi connectivity index (χ2n) is 5.06. The molecule has 4 nitrogen and oxygen atoms in total. The number of nitrogens with one attached hydrogen (secondary N) is 1. The molecule has 5 heteroatoms. The fraction of sp³-hybridized carbons (Fsp3) is 0.643. The van der Waals surface area contributed by atoms with E-state index in [4.69, 9.17) is 9.47 Å². The topological polar surface area (TPSA) is 47.6 Å². The molecule has 0 aromatic carbocycles. The number of thiophene rings is 1. The normalized spacial score (nSPS) is 24.5. The van der Waals surface area contributed by atoms with Crippen LogP contribution >= 0.6 is 11.3 Å². The standard InChI is InChI=1S/C14H19NO3S/c16-14(15-10-5-8-17-9-6-10)13-4-3-12(19-13)11-2-1-7-18-11/h3-4,10-11H,1-2,5-9H2,(H,15,16). The van der Waals surface area contributed by atoms with E-state index in [2.05, 4.69) is 5.32 Å². The Labute approximate surface area is 117 Å². The van der Waals surface area contributed by atoms with E-state index in [0.717, 1.165) is 50.4 Å². The van der Waals surface area contributed by atoms with Crippen molar-refractivity contribution < 1.29 is 14.3 Å². The highest BCUT2D eigenvalue weighted by molar-refractivity contribution is 7.14. The summed E-state index contributed by atoms with van der Waals surface area (Å²) in [4.78, 5) is 14.1. The number of ether oxygens (including phenoxy) is 2. The largest absolute Gasteiger partial charge is 0.381 e. The van der Waals surface area contributed by atoms with Gasteiger partial charge in [-0.3, -0.25) is 4.79 Å². The fourth-order valence-electron chi connectivity index (χ4n) is 2.55. The number of rotatable bonds is 3. The number of amides is 1. The first-order valence-corrected chi connectivity index (χ1v) is 7.74. The van der Waals surface area contributed by atoms with E-state index in [1.54, 1.807) is 11.3 Å². The van der Waals surface area contributed by atoms with E-state index < -0.39 is 0 Å². The summed E-state index contributed by atoms with van der Waals surface area (Å²) >= 11 is 1.56. The van der Waals surface area contributed by atoms with Crippen LogP contribution in [0.25, 0.3) is 0 Å². The van der Waals surface area contributed by atoms with Crippen LogP contribution < -0.4 is 5.32 Å². The average molecular weight is 281 g/mol. The molecule has 0 spiro atoms. The van der Waals surface area contributed by atoms with Crippen molar-refractivity contribution in [3.63, 3.8) is 0 Å². The summed E-state index contributed by atoms with van der Waals surface area (Å²) < 4.78 is 10.9. The lowest BCUT2D eigenvalue weighted by atomic mass is 10.1. The van der Waals surface area contributed by atoms with Crippen LogP contribution in [0.1, 0.15) is 46.3 Å². The van der Waals surface area contributed by atoms with Crippen LogP contribution in [-0.4, -0.2) is 31.8 Å². The van der Waals surface area contributed by atoms with Gasteiger partial charge in [-0.2, -0.15) is 0 Å². The number of hydrogen-bond donors (Lipinski definition) is 1. The van der Waals surface area contributed by atoms with Crippen LogP contribution in [0.4, 0.5) is 0 Å². The van der Waals surface area contributed by atoms with E-state index in [-0.39, 0.29) is 18.1 Å². The Kier molecular flexibility index (Phi) is 4.15. The summed E-state index contributed by atoms with van der Waals surface area (Å²) in [5.74, 6) is 0.0427. The lowest BCUT2D eigenvalue weighted by Gasteiger charge is -2.22. The molecule has 1 N–H and O–H groups in total. The Balaban J connectivity index is 1.59. The molecule has 2 aliphatic rings. The van der Waals surface area contributed by atoms with Gasteiger partial charge in [-0.05, 0) is 37.8 Å². The molecule has 0 radical (unpaired) electrons. The van der Waals surface area contributed by atoms with E-state index in [1.807, 2.05) is 12.1 Å². The van der Waals surface area contributed by atoms with Gasteiger partial charge in [-0.1, -0.05) is 0 Å². The predicted octanol–water partition coefficient (Wildman–Crippen LogP) is 2.51. The van der Waals surface area contributed by atoms with Gasteiger partial charge in [-0.25, -0.2) is 0 Å². The first-order chi connectivity index (χ1) is 9.33.